The van der Waals surface area contributed by atoms with Crippen LogP contribution in [0, 0.1) is 0 Å². The van der Waals surface area contributed by atoms with E-state index in [9.17, 15) is 18.3 Å². The first-order chi connectivity index (χ1) is 11.3. The van der Waals surface area contributed by atoms with Crippen LogP contribution >= 0.6 is 0 Å². The van der Waals surface area contributed by atoms with Crippen molar-refractivity contribution in [2.75, 3.05) is 6.26 Å². The van der Waals surface area contributed by atoms with Gasteiger partial charge in [-0.3, -0.25) is 0 Å². The number of carbonyl (C=O) groups is 1. The van der Waals surface area contributed by atoms with E-state index in [0.29, 0.717) is 17.4 Å². The molecule has 0 spiro atoms. The van der Waals surface area contributed by atoms with Gasteiger partial charge in [0.05, 0.1) is 16.0 Å². The van der Waals surface area contributed by atoms with Crippen molar-refractivity contribution in [2.24, 2.45) is 0 Å². The Kier molecular flexibility index (Phi) is 4.09. The van der Waals surface area contributed by atoms with Gasteiger partial charge in [0.1, 0.15) is 0 Å². The van der Waals surface area contributed by atoms with Gasteiger partial charge in [0.25, 0.3) is 0 Å². The van der Waals surface area contributed by atoms with Crippen LogP contribution < -0.4 is 0 Å². The fourth-order valence-corrected chi connectivity index (χ4v) is 4.03. The summed E-state index contributed by atoms with van der Waals surface area (Å²) in [6.07, 6.45) is 3.04. The third-order valence-corrected chi connectivity index (χ3v) is 5.34. The lowest BCUT2D eigenvalue weighted by molar-refractivity contribution is 0.0697. The molecule has 6 heteroatoms. The lowest BCUT2D eigenvalue weighted by Crippen LogP contribution is -2.04. The van der Waals surface area contributed by atoms with Crippen LogP contribution in [0.2, 0.25) is 0 Å². The molecule has 0 aliphatic carbocycles. The minimum absolute atomic E-state index is 0.0107. The molecule has 1 aromatic heterocycles. The Morgan fingerprint density at radius 3 is 2.50 bits per heavy atom. The number of hydrogen-bond acceptors (Lipinski definition) is 3. The number of hydrogen-bond donors (Lipinski definition) is 1. The molecule has 0 radical (unpaired) electrons. The van der Waals surface area contributed by atoms with Gasteiger partial charge in [-0.25, -0.2) is 13.2 Å². The Morgan fingerprint density at radius 1 is 1.17 bits per heavy atom. The van der Waals surface area contributed by atoms with Crippen LogP contribution in [0.1, 0.15) is 30.1 Å². The minimum Gasteiger partial charge on any atom is -0.478 e. The highest BCUT2D eigenvalue weighted by Gasteiger charge is 2.21. The summed E-state index contributed by atoms with van der Waals surface area (Å²) in [5.41, 5.74) is 1.57. The van der Waals surface area contributed by atoms with Gasteiger partial charge in [-0.15, -0.1) is 0 Å². The van der Waals surface area contributed by atoms with Gasteiger partial charge in [-0.05, 0) is 24.6 Å². The van der Waals surface area contributed by atoms with E-state index in [1.807, 2.05) is 28.8 Å². The van der Waals surface area contributed by atoms with Gasteiger partial charge in [0.15, 0.2) is 9.84 Å². The number of aromatic nitrogens is 1. The highest BCUT2D eigenvalue weighted by molar-refractivity contribution is 7.91. The molecule has 1 heterocycles. The van der Waals surface area contributed by atoms with Gasteiger partial charge < -0.3 is 9.67 Å². The Bertz CT molecular complexity index is 1050. The maximum Gasteiger partial charge on any atom is 0.335 e. The van der Waals surface area contributed by atoms with Gasteiger partial charge >= 0.3 is 5.97 Å². The zero-order valence-corrected chi connectivity index (χ0v) is 14.4. The second kappa shape index (κ2) is 5.94. The number of carboxylic acid groups (broad SMARTS) is 1. The number of para-hydroxylation sites is 1. The van der Waals surface area contributed by atoms with Crippen molar-refractivity contribution in [3.63, 3.8) is 0 Å². The summed E-state index contributed by atoms with van der Waals surface area (Å²) in [5.74, 6) is -1.13. The molecule has 3 rings (SSSR count). The third-order valence-electron chi connectivity index (χ3n) is 4.22. The molecule has 0 saturated heterocycles. The average Bonchev–Trinajstić information content (AvgIpc) is 2.85. The summed E-state index contributed by atoms with van der Waals surface area (Å²) in [4.78, 5) is 11.5. The van der Waals surface area contributed by atoms with E-state index < -0.39 is 15.8 Å². The van der Waals surface area contributed by atoms with Crippen LogP contribution in [0.5, 0.6) is 0 Å². The normalized spacial score (nSPS) is 12.1. The van der Waals surface area contributed by atoms with Crippen molar-refractivity contribution < 1.29 is 18.3 Å². The van der Waals surface area contributed by atoms with Crippen molar-refractivity contribution in [1.82, 2.24) is 4.57 Å². The lowest BCUT2D eigenvalue weighted by atomic mass is 10.1. The maximum absolute atomic E-state index is 12.3. The second-order valence-corrected chi connectivity index (χ2v) is 7.95. The Labute approximate surface area is 140 Å². The molecule has 0 atom stereocenters. The predicted molar refractivity (Wildman–Crippen MR) is 94.4 cm³/mol. The first-order valence-corrected chi connectivity index (χ1v) is 9.72. The topological polar surface area (TPSA) is 76.4 Å². The van der Waals surface area contributed by atoms with E-state index in [1.165, 1.54) is 6.07 Å². The van der Waals surface area contributed by atoms with E-state index in [2.05, 4.69) is 6.92 Å². The Hall–Kier alpha value is -2.34. The summed E-state index contributed by atoms with van der Waals surface area (Å²) >= 11 is 0. The van der Waals surface area contributed by atoms with Crippen LogP contribution in [-0.2, 0) is 16.4 Å². The Morgan fingerprint density at radius 2 is 1.88 bits per heavy atom. The van der Waals surface area contributed by atoms with Crippen LogP contribution in [-0.4, -0.2) is 30.3 Å². The number of fused-ring (bicyclic) bond motifs is 3. The van der Waals surface area contributed by atoms with Gasteiger partial charge in [0, 0.05) is 29.1 Å². The molecule has 0 bridgehead atoms. The Balaban J connectivity index is 2.53. The zero-order valence-electron chi connectivity index (χ0n) is 13.6. The SMILES string of the molecule is CCCCn1c2ccccc2c2c(S(C)(=O)=O)cc(C(=O)O)cc21. The molecule has 0 unspecified atom stereocenters. The molecule has 0 amide bonds. The monoisotopic (exact) mass is 345 g/mol. The smallest absolute Gasteiger partial charge is 0.335 e. The second-order valence-electron chi connectivity index (χ2n) is 5.97. The van der Waals surface area contributed by atoms with E-state index in [1.54, 1.807) is 6.07 Å². The molecule has 0 saturated carbocycles. The first kappa shape index (κ1) is 16.5. The molecule has 5 nitrogen and oxygen atoms in total. The molecular formula is C18H19NO4S. The van der Waals surface area contributed by atoms with Gasteiger partial charge in [-0.1, -0.05) is 31.5 Å². The number of carboxylic acids is 1. The summed E-state index contributed by atoms with van der Waals surface area (Å²) in [7, 11) is -3.56. The molecule has 0 aliphatic heterocycles. The number of unbranched alkanes of at least 4 members (excludes halogenated alkanes) is 1. The van der Waals surface area contributed by atoms with Crippen LogP contribution in [0.3, 0.4) is 0 Å². The maximum atomic E-state index is 12.3. The van der Waals surface area contributed by atoms with E-state index >= 15 is 0 Å². The molecule has 3 aromatic rings. The standard InChI is InChI=1S/C18H19NO4S/c1-3-4-9-19-14-8-6-5-7-13(14)17-15(19)10-12(18(20)21)11-16(17)24(2,22)23/h5-8,10-11H,3-4,9H2,1-2H3,(H,20,21). The number of aryl methyl sites for hydroxylation is 1. The van der Waals surface area contributed by atoms with Crippen molar-refractivity contribution in [3.05, 3.63) is 42.0 Å². The molecule has 1 N–H and O–H groups in total. The van der Waals surface area contributed by atoms with E-state index in [4.69, 9.17) is 0 Å². The van der Waals surface area contributed by atoms with Crippen molar-refractivity contribution >= 4 is 37.6 Å². The lowest BCUT2D eigenvalue weighted by Gasteiger charge is -2.08. The molecule has 24 heavy (non-hydrogen) atoms. The molecule has 126 valence electrons. The van der Waals surface area contributed by atoms with E-state index in [-0.39, 0.29) is 10.5 Å². The largest absolute Gasteiger partial charge is 0.478 e. The van der Waals surface area contributed by atoms with E-state index in [0.717, 1.165) is 30.0 Å². The third kappa shape index (κ3) is 2.67. The van der Waals surface area contributed by atoms with Gasteiger partial charge in [-0.2, -0.15) is 0 Å². The number of aromatic carboxylic acids is 1. The molecule has 0 aliphatic rings. The first-order valence-electron chi connectivity index (χ1n) is 7.83. The van der Waals surface area contributed by atoms with Gasteiger partial charge in [0.2, 0.25) is 0 Å². The fourth-order valence-electron chi connectivity index (χ4n) is 3.11. The zero-order chi connectivity index (χ0) is 17.5. The van der Waals surface area contributed by atoms with Crippen molar-refractivity contribution in [3.8, 4) is 0 Å². The molecular weight excluding hydrogens is 326 g/mol. The van der Waals surface area contributed by atoms with Crippen LogP contribution in [0.25, 0.3) is 21.8 Å². The predicted octanol–water partition coefficient (Wildman–Crippen LogP) is 3.70. The highest BCUT2D eigenvalue weighted by atomic mass is 32.2. The minimum atomic E-state index is -3.56. The summed E-state index contributed by atoms with van der Waals surface area (Å²) < 4.78 is 26.6. The number of sulfone groups is 1. The average molecular weight is 345 g/mol. The summed E-state index contributed by atoms with van der Waals surface area (Å²) in [6.45, 7) is 2.80. The molecule has 0 fully saturated rings. The summed E-state index contributed by atoms with van der Waals surface area (Å²) in [6, 6.07) is 10.4. The number of nitrogens with zero attached hydrogens (tertiary/aromatic N) is 1. The number of benzene rings is 2. The fraction of sp³-hybridized carbons (Fsp3) is 0.278. The van der Waals surface area contributed by atoms with Crippen LogP contribution in [0.15, 0.2) is 41.3 Å². The van der Waals surface area contributed by atoms with Crippen molar-refractivity contribution in [2.45, 2.75) is 31.2 Å². The highest BCUT2D eigenvalue weighted by Crippen LogP contribution is 2.35. The number of rotatable bonds is 5. The quantitative estimate of drug-likeness (QED) is 0.765. The summed E-state index contributed by atoms with van der Waals surface area (Å²) in [5, 5.41) is 10.8. The molecule has 2 aromatic carbocycles. The van der Waals surface area contributed by atoms with Crippen molar-refractivity contribution in [1.29, 1.82) is 0 Å². The van der Waals surface area contributed by atoms with Crippen LogP contribution in [0.4, 0.5) is 0 Å².